The van der Waals surface area contributed by atoms with Gasteiger partial charge in [0.15, 0.2) is 5.11 Å². The molecule has 3 fully saturated rings. The summed E-state index contributed by atoms with van der Waals surface area (Å²) in [5.74, 6) is -0.225. The Morgan fingerprint density at radius 3 is 2.41 bits per heavy atom. The number of carbonyl (C=O) groups is 1. The van der Waals surface area contributed by atoms with Gasteiger partial charge in [0.25, 0.3) is 0 Å². The van der Waals surface area contributed by atoms with Crippen LogP contribution in [0.3, 0.4) is 0 Å². The van der Waals surface area contributed by atoms with Crippen LogP contribution in [-0.4, -0.2) is 75.4 Å². The number of fused-ring (bicyclic) bond motifs is 1. The van der Waals surface area contributed by atoms with Crippen molar-refractivity contribution in [2.75, 3.05) is 39.3 Å². The number of cyclic esters (lactones) is 1. The van der Waals surface area contributed by atoms with Crippen LogP contribution < -0.4 is 11.0 Å². The third kappa shape index (κ3) is 4.86. The van der Waals surface area contributed by atoms with Crippen LogP contribution >= 0.6 is 12.2 Å². The summed E-state index contributed by atoms with van der Waals surface area (Å²) in [6.07, 6.45) is 7.27. The van der Waals surface area contributed by atoms with E-state index >= 15 is 0 Å². The van der Waals surface area contributed by atoms with Gasteiger partial charge in [0.1, 0.15) is 6.04 Å². The highest BCUT2D eigenvalue weighted by atomic mass is 32.1. The number of imidazole rings is 1. The van der Waals surface area contributed by atoms with Gasteiger partial charge in [-0.15, -0.1) is 0 Å². The summed E-state index contributed by atoms with van der Waals surface area (Å²) in [4.78, 5) is 30.0. The van der Waals surface area contributed by atoms with E-state index < -0.39 is 0 Å². The van der Waals surface area contributed by atoms with Gasteiger partial charge in [-0.05, 0) is 76.1 Å². The first-order valence-corrected chi connectivity index (χ1v) is 13.2. The highest BCUT2D eigenvalue weighted by Crippen LogP contribution is 2.26. The zero-order valence-corrected chi connectivity index (χ0v) is 20.6. The predicted molar refractivity (Wildman–Crippen MR) is 136 cm³/mol. The summed E-state index contributed by atoms with van der Waals surface area (Å²) in [5.41, 5.74) is 2.16. The molecule has 184 valence electrons. The van der Waals surface area contributed by atoms with Crippen molar-refractivity contribution in [1.82, 2.24) is 24.3 Å². The van der Waals surface area contributed by atoms with Crippen LogP contribution in [0.4, 0.5) is 0 Å². The minimum absolute atomic E-state index is 0.104. The summed E-state index contributed by atoms with van der Waals surface area (Å²) < 4.78 is 9.01. The zero-order valence-electron chi connectivity index (χ0n) is 19.8. The number of rotatable bonds is 6. The molecular weight excluding hydrogens is 450 g/mol. The van der Waals surface area contributed by atoms with Crippen LogP contribution in [-0.2, 0) is 16.1 Å². The molecule has 3 aliphatic rings. The second-order valence-electron chi connectivity index (χ2n) is 9.73. The van der Waals surface area contributed by atoms with Gasteiger partial charge in [-0.25, -0.2) is 9.59 Å². The Kier molecular flexibility index (Phi) is 7.20. The highest BCUT2D eigenvalue weighted by Gasteiger charge is 2.30. The maximum atomic E-state index is 13.6. The molecule has 3 aliphatic heterocycles. The van der Waals surface area contributed by atoms with Crippen molar-refractivity contribution in [3.63, 3.8) is 0 Å². The molecule has 1 atom stereocenters. The molecule has 9 heteroatoms. The lowest BCUT2D eigenvalue weighted by Gasteiger charge is -2.34. The van der Waals surface area contributed by atoms with Crippen LogP contribution in [0.2, 0.25) is 0 Å². The maximum absolute atomic E-state index is 13.6. The maximum Gasteiger partial charge on any atom is 0.329 e. The van der Waals surface area contributed by atoms with Crippen molar-refractivity contribution < 1.29 is 9.53 Å². The molecule has 0 aliphatic carbocycles. The van der Waals surface area contributed by atoms with E-state index in [1.165, 1.54) is 32.4 Å². The topological polar surface area (TPSA) is 71.7 Å². The summed E-state index contributed by atoms with van der Waals surface area (Å²) in [6.45, 7) is 6.17. The molecule has 3 saturated heterocycles. The molecule has 5 rings (SSSR count). The molecule has 4 heterocycles. The number of para-hydroxylation sites is 2. The van der Waals surface area contributed by atoms with Gasteiger partial charge in [-0.3, -0.25) is 9.13 Å². The number of aromatic nitrogens is 2. The van der Waals surface area contributed by atoms with Crippen molar-refractivity contribution in [3.05, 3.63) is 34.7 Å². The van der Waals surface area contributed by atoms with E-state index in [2.05, 4.69) is 27.2 Å². The van der Waals surface area contributed by atoms with E-state index in [9.17, 15) is 9.59 Å². The van der Waals surface area contributed by atoms with Crippen molar-refractivity contribution in [3.8, 4) is 0 Å². The van der Waals surface area contributed by atoms with Crippen molar-refractivity contribution in [2.24, 2.45) is 0 Å². The Balaban J connectivity index is 1.25. The van der Waals surface area contributed by atoms with Crippen LogP contribution in [0.1, 0.15) is 51.0 Å². The third-order valence-corrected chi connectivity index (χ3v) is 7.90. The van der Waals surface area contributed by atoms with Gasteiger partial charge < -0.3 is 19.9 Å². The second-order valence-corrected chi connectivity index (χ2v) is 10.1. The number of benzene rings is 1. The largest absolute Gasteiger partial charge is 0.464 e. The Labute approximate surface area is 205 Å². The highest BCUT2D eigenvalue weighted by molar-refractivity contribution is 7.80. The fraction of sp³-hybridized carbons (Fsp3) is 0.640. The van der Waals surface area contributed by atoms with Crippen LogP contribution in [0.15, 0.2) is 29.1 Å². The number of hydrogen-bond donors (Lipinski definition) is 1. The Bertz CT molecular complexity index is 1080. The molecule has 1 N–H and O–H groups in total. The predicted octanol–water partition coefficient (Wildman–Crippen LogP) is 2.51. The molecule has 8 nitrogen and oxygen atoms in total. The van der Waals surface area contributed by atoms with Crippen molar-refractivity contribution in [1.29, 1.82) is 0 Å². The summed E-state index contributed by atoms with van der Waals surface area (Å²) in [6, 6.07) is 8.00. The fourth-order valence-corrected chi connectivity index (χ4v) is 5.96. The monoisotopic (exact) mass is 485 g/mol. The number of ether oxygens (including phenoxy) is 1. The zero-order chi connectivity index (χ0) is 23.5. The van der Waals surface area contributed by atoms with E-state index in [0.29, 0.717) is 18.1 Å². The SMILES string of the molecule is O=C1OCCC1NC(=S)N1CCC(n2c(=O)n(CCCN3CCCCC3)c3ccccc32)CC1. The van der Waals surface area contributed by atoms with Gasteiger partial charge >= 0.3 is 11.7 Å². The average Bonchev–Trinajstić information content (AvgIpc) is 3.39. The molecule has 0 bridgehead atoms. The summed E-state index contributed by atoms with van der Waals surface area (Å²) in [7, 11) is 0. The minimum Gasteiger partial charge on any atom is -0.464 e. The van der Waals surface area contributed by atoms with E-state index in [1.807, 2.05) is 21.3 Å². The Morgan fingerprint density at radius 2 is 1.71 bits per heavy atom. The number of thiocarbonyl (C=S) groups is 1. The van der Waals surface area contributed by atoms with Gasteiger partial charge in [-0.1, -0.05) is 18.6 Å². The van der Waals surface area contributed by atoms with Crippen LogP contribution in [0.25, 0.3) is 11.0 Å². The number of nitrogens with one attached hydrogen (secondary N) is 1. The standard InChI is InChI=1S/C25H35N5O3S/c31-23-20(11-18-33-23)26-24(34)28-16-9-19(10-17-28)30-22-8-3-2-7-21(22)29(25(30)32)15-6-14-27-12-4-1-5-13-27/h2-3,7-8,19-20H,1,4-6,9-18H2,(H,26,34). The van der Waals surface area contributed by atoms with Gasteiger partial charge in [0.2, 0.25) is 0 Å². The molecular formula is C25H35N5O3S. The lowest BCUT2D eigenvalue weighted by atomic mass is 10.0. The quantitative estimate of drug-likeness (QED) is 0.498. The average molecular weight is 486 g/mol. The van der Waals surface area contributed by atoms with E-state index in [1.54, 1.807) is 0 Å². The van der Waals surface area contributed by atoms with E-state index in [-0.39, 0.29) is 23.7 Å². The minimum atomic E-state index is -0.337. The van der Waals surface area contributed by atoms with Gasteiger partial charge in [-0.2, -0.15) is 0 Å². The molecule has 1 aromatic carbocycles. The first-order valence-electron chi connectivity index (χ1n) is 12.8. The number of aryl methyl sites for hydroxylation is 1. The molecule has 1 unspecified atom stereocenters. The molecule has 0 amide bonds. The fourth-order valence-electron chi connectivity index (χ4n) is 5.63. The number of carbonyl (C=O) groups excluding carboxylic acids is 1. The first-order chi connectivity index (χ1) is 16.6. The van der Waals surface area contributed by atoms with Gasteiger partial charge in [0.05, 0.1) is 17.6 Å². The van der Waals surface area contributed by atoms with E-state index in [0.717, 1.165) is 56.5 Å². The molecule has 34 heavy (non-hydrogen) atoms. The summed E-state index contributed by atoms with van der Waals surface area (Å²) in [5, 5.41) is 3.76. The Hall–Kier alpha value is -2.39. The lowest BCUT2D eigenvalue weighted by Crippen LogP contribution is -2.49. The van der Waals surface area contributed by atoms with E-state index in [4.69, 9.17) is 17.0 Å². The number of nitrogens with zero attached hydrogens (tertiary/aromatic N) is 4. The molecule has 1 aromatic heterocycles. The smallest absolute Gasteiger partial charge is 0.329 e. The number of piperidine rings is 2. The number of esters is 1. The normalized spacial score (nSPS) is 22.3. The third-order valence-electron chi connectivity index (χ3n) is 7.52. The van der Waals surface area contributed by atoms with Gasteiger partial charge in [0, 0.05) is 32.1 Å². The summed E-state index contributed by atoms with van der Waals surface area (Å²) >= 11 is 5.56. The molecule has 0 radical (unpaired) electrons. The molecule has 2 aromatic rings. The van der Waals surface area contributed by atoms with Crippen molar-refractivity contribution in [2.45, 2.75) is 63.6 Å². The molecule has 0 saturated carbocycles. The first kappa shape index (κ1) is 23.4. The molecule has 0 spiro atoms. The van der Waals surface area contributed by atoms with Crippen LogP contribution in [0.5, 0.6) is 0 Å². The number of hydrogen-bond acceptors (Lipinski definition) is 5. The van der Waals surface area contributed by atoms with Crippen molar-refractivity contribution >= 4 is 34.3 Å². The van der Waals surface area contributed by atoms with Crippen LogP contribution in [0, 0.1) is 0 Å². The Morgan fingerprint density at radius 1 is 0.971 bits per heavy atom. The second kappa shape index (κ2) is 10.5. The number of likely N-dealkylation sites (tertiary alicyclic amines) is 2. The lowest BCUT2D eigenvalue weighted by molar-refractivity contribution is -0.139.